The fraction of sp³-hybridized carbons (Fsp3) is 0.419. The number of hydrogen-bond donors (Lipinski definition) is 4. The summed E-state index contributed by atoms with van der Waals surface area (Å²) in [6.07, 6.45) is 2.13. The zero-order chi connectivity index (χ0) is 34.1. The Morgan fingerprint density at radius 2 is 2.02 bits per heavy atom. The maximum atomic E-state index is 16.4. The molecule has 0 amide bonds. The summed E-state index contributed by atoms with van der Waals surface area (Å²) < 4.78 is 41.6. The number of hydrogen-bond acceptors (Lipinski definition) is 12. The molecular formula is C31H37FN7O6PS. The van der Waals surface area contributed by atoms with E-state index in [9.17, 15) is 9.90 Å². The highest BCUT2D eigenvalue weighted by atomic mass is 32.5. The molecule has 13 nitrogen and oxygen atoms in total. The number of carbonyl (C=O) groups excluding carboxylic acids is 1. The van der Waals surface area contributed by atoms with Crippen molar-refractivity contribution in [2.45, 2.75) is 57.8 Å². The first-order valence-corrected chi connectivity index (χ1v) is 17.4. The number of terminal acetylenes is 1. The number of rotatable bonds is 11. The molecule has 3 heterocycles. The molecule has 5 rings (SSSR count). The van der Waals surface area contributed by atoms with Crippen molar-refractivity contribution in [3.05, 3.63) is 48.8 Å². The number of halogens is 1. The number of ether oxygens (including phenoxy) is 2. The molecule has 5 N–H and O–H groups in total. The lowest BCUT2D eigenvalue weighted by Gasteiger charge is -2.28. The Morgan fingerprint density at radius 1 is 1.30 bits per heavy atom. The summed E-state index contributed by atoms with van der Waals surface area (Å²) in [4.78, 5) is 25.5. The van der Waals surface area contributed by atoms with Crippen LogP contribution in [0.3, 0.4) is 0 Å². The Labute approximate surface area is 276 Å². The standard InChI is InChI=1S/C31H37FN7O6PS/c1-7-31(32)24(40)22(44-28(31)39-17-35-23-25(34-6)36-29(33)37-26(23)39)15-43-46(47,38-18(2)27(41)42-16-30(3,4)5)45-21-14-10-12-19-11-8-9-13-20(19)21/h1,8-14,17-18,22,24,28,40H,15-16H2,2-6H3,(H,38,47)(H3,33,34,36,37)/t18-,22+,24+,28+,31+,46?/m0/s1. The number of nitrogens with zero attached hydrogens (tertiary/aromatic N) is 4. The van der Waals surface area contributed by atoms with Crippen LogP contribution < -0.4 is 20.7 Å². The molecule has 0 aliphatic carbocycles. The lowest BCUT2D eigenvalue weighted by molar-refractivity contribution is -0.148. The topological polar surface area (TPSA) is 168 Å². The van der Waals surface area contributed by atoms with Gasteiger partial charge in [-0.05, 0) is 35.6 Å². The smallest absolute Gasteiger partial charge is 0.323 e. The van der Waals surface area contributed by atoms with E-state index in [4.69, 9.17) is 42.5 Å². The van der Waals surface area contributed by atoms with Crippen LogP contribution in [0.2, 0.25) is 0 Å². The number of nitrogens with two attached hydrogens (primary N) is 1. The van der Waals surface area contributed by atoms with Crippen molar-refractivity contribution in [3.63, 3.8) is 0 Å². The first-order valence-electron chi connectivity index (χ1n) is 14.7. The molecule has 1 aliphatic rings. The lowest BCUT2D eigenvalue weighted by atomic mass is 9.97. The van der Waals surface area contributed by atoms with E-state index in [0.717, 1.165) is 10.8 Å². The zero-order valence-corrected chi connectivity index (χ0v) is 28.2. The molecule has 16 heteroatoms. The van der Waals surface area contributed by atoms with Crippen molar-refractivity contribution in [2.24, 2.45) is 5.41 Å². The summed E-state index contributed by atoms with van der Waals surface area (Å²) >= 11 is 5.90. The van der Waals surface area contributed by atoms with E-state index in [1.807, 2.05) is 57.0 Å². The number of aliphatic hydroxyl groups is 1. The molecule has 1 aliphatic heterocycles. The van der Waals surface area contributed by atoms with Crippen LogP contribution in [0, 0.1) is 17.8 Å². The van der Waals surface area contributed by atoms with Crippen LogP contribution in [0.1, 0.15) is 33.9 Å². The Kier molecular flexibility index (Phi) is 9.75. The Morgan fingerprint density at radius 3 is 2.72 bits per heavy atom. The van der Waals surface area contributed by atoms with Crippen molar-refractivity contribution < 1.29 is 32.8 Å². The first-order chi connectivity index (χ1) is 22.2. The number of anilines is 2. The van der Waals surface area contributed by atoms with E-state index in [1.165, 1.54) is 10.9 Å². The number of aromatic nitrogens is 4. The molecule has 0 saturated carbocycles. The van der Waals surface area contributed by atoms with E-state index in [0.29, 0.717) is 11.6 Å². The number of esters is 1. The molecule has 1 unspecified atom stereocenters. The summed E-state index contributed by atoms with van der Waals surface area (Å²) in [5.41, 5.74) is 3.28. The molecule has 0 bridgehead atoms. The summed E-state index contributed by atoms with van der Waals surface area (Å²) in [5, 5.41) is 18.6. The molecule has 2 aromatic heterocycles. The number of alkyl halides is 1. The van der Waals surface area contributed by atoms with Gasteiger partial charge in [0.1, 0.15) is 24.0 Å². The molecule has 2 aromatic carbocycles. The predicted octanol–water partition coefficient (Wildman–Crippen LogP) is 4.09. The lowest BCUT2D eigenvalue weighted by Crippen LogP contribution is -2.42. The molecule has 0 radical (unpaired) electrons. The second-order valence-electron chi connectivity index (χ2n) is 12.3. The fourth-order valence-electron chi connectivity index (χ4n) is 4.96. The summed E-state index contributed by atoms with van der Waals surface area (Å²) in [6, 6.07) is 12.0. The number of imidazole rings is 1. The third kappa shape index (κ3) is 7.18. The third-order valence-electron chi connectivity index (χ3n) is 7.32. The molecule has 1 fully saturated rings. The van der Waals surface area contributed by atoms with Crippen molar-refractivity contribution >= 4 is 58.1 Å². The monoisotopic (exact) mass is 685 g/mol. The van der Waals surface area contributed by atoms with Gasteiger partial charge in [0.05, 0.1) is 19.5 Å². The van der Waals surface area contributed by atoms with Crippen LogP contribution in [0.25, 0.3) is 21.9 Å². The summed E-state index contributed by atoms with van der Waals surface area (Å²) in [7, 11) is 1.62. The van der Waals surface area contributed by atoms with Crippen molar-refractivity contribution in [1.29, 1.82) is 0 Å². The minimum atomic E-state index is -3.63. The molecule has 0 spiro atoms. The van der Waals surface area contributed by atoms with Gasteiger partial charge in [0.15, 0.2) is 23.2 Å². The average molecular weight is 686 g/mol. The van der Waals surface area contributed by atoms with Crippen LogP contribution in [0.5, 0.6) is 5.75 Å². The van der Waals surface area contributed by atoms with Gasteiger partial charge in [-0.3, -0.25) is 9.36 Å². The maximum Gasteiger partial charge on any atom is 0.323 e. The van der Waals surface area contributed by atoms with Gasteiger partial charge < -0.3 is 34.7 Å². The van der Waals surface area contributed by atoms with Crippen LogP contribution in [0.15, 0.2) is 48.8 Å². The van der Waals surface area contributed by atoms with E-state index in [-0.39, 0.29) is 29.1 Å². The molecule has 1 saturated heterocycles. The van der Waals surface area contributed by atoms with Crippen molar-refractivity contribution in [2.75, 3.05) is 31.3 Å². The largest absolute Gasteiger partial charge is 0.464 e. The minimum Gasteiger partial charge on any atom is -0.464 e. The molecule has 4 aromatic rings. The first kappa shape index (κ1) is 34.4. The van der Waals surface area contributed by atoms with Gasteiger partial charge in [-0.1, -0.05) is 63.1 Å². The number of nitrogen functional groups attached to an aromatic ring is 1. The highest BCUT2D eigenvalue weighted by molar-refractivity contribution is 8.09. The number of carbonyl (C=O) groups is 1. The van der Waals surface area contributed by atoms with E-state index < -0.39 is 49.4 Å². The van der Waals surface area contributed by atoms with Gasteiger partial charge in [-0.25, -0.2) is 14.5 Å². The highest BCUT2D eigenvalue weighted by Crippen LogP contribution is 2.49. The molecule has 250 valence electrons. The van der Waals surface area contributed by atoms with Crippen molar-refractivity contribution in [3.8, 4) is 18.1 Å². The SMILES string of the molecule is C#C[C@@]1(F)[C@H](O)[C@@H](COP(=S)(N[C@@H](C)C(=O)OCC(C)(C)C)Oc2cccc3ccccc23)O[C@H]1n1cnc2c(NC)nc(N)nc21. The van der Waals surface area contributed by atoms with E-state index in [2.05, 4.69) is 25.4 Å². The second kappa shape index (κ2) is 13.3. The van der Waals surface area contributed by atoms with Gasteiger partial charge in [0, 0.05) is 12.4 Å². The number of aliphatic hydroxyl groups excluding tert-OH is 1. The quantitative estimate of drug-likeness (QED) is 0.101. The molecule has 47 heavy (non-hydrogen) atoms. The van der Waals surface area contributed by atoms with Crippen LogP contribution in [-0.2, 0) is 30.6 Å². The van der Waals surface area contributed by atoms with Crippen LogP contribution in [0.4, 0.5) is 16.2 Å². The summed E-state index contributed by atoms with van der Waals surface area (Å²) in [6.45, 7) is 3.46. The third-order valence-corrected chi connectivity index (χ3v) is 9.81. The molecular weight excluding hydrogens is 648 g/mol. The van der Waals surface area contributed by atoms with Gasteiger partial charge in [0.2, 0.25) is 11.6 Å². The maximum absolute atomic E-state index is 16.4. The number of nitrogens with one attached hydrogen (secondary N) is 2. The van der Waals surface area contributed by atoms with E-state index >= 15 is 4.39 Å². The Bertz CT molecular complexity index is 1880. The van der Waals surface area contributed by atoms with Gasteiger partial charge in [-0.2, -0.15) is 9.97 Å². The summed E-state index contributed by atoms with van der Waals surface area (Å²) in [5.74, 6) is 2.07. The second-order valence-corrected chi connectivity index (χ2v) is 15.4. The Balaban J connectivity index is 1.43. The normalized spacial score (nSPS) is 23.2. The fourth-order valence-corrected chi connectivity index (χ4v) is 7.38. The highest BCUT2D eigenvalue weighted by Gasteiger charge is 2.58. The van der Waals surface area contributed by atoms with Gasteiger partial charge >= 0.3 is 12.6 Å². The van der Waals surface area contributed by atoms with Crippen molar-refractivity contribution in [1.82, 2.24) is 24.6 Å². The number of fused-ring (bicyclic) bond motifs is 2. The van der Waals surface area contributed by atoms with Crippen LogP contribution in [-0.4, -0.2) is 74.8 Å². The van der Waals surface area contributed by atoms with E-state index in [1.54, 1.807) is 26.1 Å². The minimum absolute atomic E-state index is 0.0975. The average Bonchev–Trinajstić information content (AvgIpc) is 3.56. The molecule has 6 atom stereocenters. The number of benzene rings is 2. The Hall–Kier alpha value is -3.90. The van der Waals surface area contributed by atoms with Gasteiger partial charge in [-0.15, -0.1) is 6.42 Å². The predicted molar refractivity (Wildman–Crippen MR) is 180 cm³/mol. The van der Waals surface area contributed by atoms with Gasteiger partial charge in [0.25, 0.3) is 0 Å². The van der Waals surface area contributed by atoms with Crippen LogP contribution >= 0.6 is 6.64 Å². The zero-order valence-electron chi connectivity index (χ0n) is 26.5.